The number of nitrogens with two attached hydrogens (primary N) is 1. The number of unbranched alkanes of at least 4 members (excludes halogenated alkanes) is 12. The highest BCUT2D eigenvalue weighted by molar-refractivity contribution is 5.79. The molecule has 0 aromatic carbocycles. The molecule has 0 saturated carbocycles. The van der Waals surface area contributed by atoms with Gasteiger partial charge in [0.15, 0.2) is 0 Å². The maximum Gasteiger partial charge on any atom is 0.136 e. The molecular weight excluding hydrogens is 308 g/mol. The predicted molar refractivity (Wildman–Crippen MR) is 111 cm³/mol. The highest BCUT2D eigenvalue weighted by Gasteiger charge is 2.24. The van der Waals surface area contributed by atoms with E-state index < -0.39 is 5.66 Å². The molecule has 0 radical (unpaired) electrons. The molecule has 0 aromatic heterocycles. The Kier molecular flexibility index (Phi) is 16.7. The zero-order valence-corrected chi connectivity index (χ0v) is 17.5. The molecular formula is C22H46N2O. The van der Waals surface area contributed by atoms with E-state index in [1.54, 1.807) is 0 Å². The van der Waals surface area contributed by atoms with Gasteiger partial charge in [0.25, 0.3) is 0 Å². The molecule has 0 bridgehead atoms. The number of ketones is 1. The molecule has 25 heavy (non-hydrogen) atoms. The highest BCUT2D eigenvalue weighted by Crippen LogP contribution is 2.15. The molecule has 0 saturated heterocycles. The van der Waals surface area contributed by atoms with E-state index in [0.29, 0.717) is 18.6 Å². The van der Waals surface area contributed by atoms with Crippen LogP contribution < -0.4 is 11.1 Å². The lowest BCUT2D eigenvalue weighted by molar-refractivity contribution is -0.120. The molecule has 3 heteroatoms. The smallest absolute Gasteiger partial charge is 0.136 e. The van der Waals surface area contributed by atoms with Gasteiger partial charge in [-0.05, 0) is 19.4 Å². The van der Waals surface area contributed by atoms with Gasteiger partial charge >= 0.3 is 0 Å². The number of nitrogens with one attached hydrogen (secondary N) is 1. The van der Waals surface area contributed by atoms with Crippen LogP contribution in [0.4, 0.5) is 0 Å². The SMILES string of the molecule is CCCCCCCCCCCCCCCC(=O)CC(N)(CC)NCC. The Morgan fingerprint density at radius 1 is 0.760 bits per heavy atom. The number of rotatable bonds is 19. The minimum atomic E-state index is -0.498. The summed E-state index contributed by atoms with van der Waals surface area (Å²) in [6, 6.07) is 0. The molecule has 0 aliphatic carbocycles. The topological polar surface area (TPSA) is 55.1 Å². The van der Waals surface area contributed by atoms with Crippen LogP contribution in [0, 0.1) is 0 Å². The molecule has 0 heterocycles. The fourth-order valence-corrected chi connectivity index (χ4v) is 3.44. The molecule has 0 fully saturated rings. The molecule has 0 aliphatic heterocycles. The van der Waals surface area contributed by atoms with Gasteiger partial charge in [-0.3, -0.25) is 10.1 Å². The van der Waals surface area contributed by atoms with Crippen LogP contribution in [-0.4, -0.2) is 18.0 Å². The van der Waals surface area contributed by atoms with Crippen molar-refractivity contribution in [2.45, 2.75) is 129 Å². The first-order valence-electron chi connectivity index (χ1n) is 11.1. The summed E-state index contributed by atoms with van der Waals surface area (Å²) in [6.07, 6.45) is 19.4. The first-order chi connectivity index (χ1) is 12.1. The Hall–Kier alpha value is -0.410. The average Bonchev–Trinajstić information content (AvgIpc) is 2.59. The molecule has 3 N–H and O–H groups in total. The fraction of sp³-hybridized carbons (Fsp3) is 0.955. The van der Waals surface area contributed by atoms with Gasteiger partial charge in [0, 0.05) is 12.8 Å². The number of hydrogen-bond acceptors (Lipinski definition) is 3. The lowest BCUT2D eigenvalue weighted by atomic mass is 9.97. The van der Waals surface area contributed by atoms with Crippen molar-refractivity contribution < 1.29 is 4.79 Å². The summed E-state index contributed by atoms with van der Waals surface area (Å²) in [6.45, 7) is 7.17. The summed E-state index contributed by atoms with van der Waals surface area (Å²) in [7, 11) is 0. The molecule has 0 amide bonds. The first kappa shape index (κ1) is 24.6. The van der Waals surface area contributed by atoms with Crippen LogP contribution in [0.25, 0.3) is 0 Å². The molecule has 0 spiro atoms. The number of Topliss-reactive ketones (excluding diaryl/α,β-unsaturated/α-hetero) is 1. The van der Waals surface area contributed by atoms with Crippen LogP contribution in [-0.2, 0) is 4.79 Å². The lowest BCUT2D eigenvalue weighted by Gasteiger charge is -2.28. The third-order valence-electron chi connectivity index (χ3n) is 5.23. The predicted octanol–water partition coefficient (Wildman–Crippen LogP) is 6.10. The van der Waals surface area contributed by atoms with Crippen molar-refractivity contribution in [1.82, 2.24) is 5.32 Å². The van der Waals surface area contributed by atoms with Crippen molar-refractivity contribution in [1.29, 1.82) is 0 Å². The van der Waals surface area contributed by atoms with Crippen LogP contribution in [0.15, 0.2) is 0 Å². The van der Waals surface area contributed by atoms with Gasteiger partial charge in [-0.2, -0.15) is 0 Å². The Labute approximate surface area is 157 Å². The van der Waals surface area contributed by atoms with E-state index in [9.17, 15) is 4.79 Å². The maximum atomic E-state index is 12.1. The van der Waals surface area contributed by atoms with Crippen LogP contribution in [0.2, 0.25) is 0 Å². The van der Waals surface area contributed by atoms with Gasteiger partial charge in [-0.1, -0.05) is 97.8 Å². The van der Waals surface area contributed by atoms with Gasteiger partial charge in [0.1, 0.15) is 5.78 Å². The van der Waals surface area contributed by atoms with Crippen molar-refractivity contribution in [2.75, 3.05) is 6.54 Å². The van der Waals surface area contributed by atoms with Gasteiger partial charge in [-0.15, -0.1) is 0 Å². The van der Waals surface area contributed by atoms with Crippen molar-refractivity contribution in [3.8, 4) is 0 Å². The summed E-state index contributed by atoms with van der Waals surface area (Å²) in [5.41, 5.74) is 5.72. The standard InChI is InChI=1S/C22H46N2O/c1-4-7-8-9-10-11-12-13-14-15-16-17-18-19-21(25)20-22(23,5-2)24-6-3/h24H,4-20,23H2,1-3H3. The van der Waals surface area contributed by atoms with E-state index >= 15 is 0 Å². The average molecular weight is 355 g/mol. The summed E-state index contributed by atoms with van der Waals surface area (Å²) >= 11 is 0. The normalized spacial score (nSPS) is 13.8. The number of carbonyl (C=O) groups excluding carboxylic acids is 1. The largest absolute Gasteiger partial charge is 0.313 e. The fourth-order valence-electron chi connectivity index (χ4n) is 3.44. The third kappa shape index (κ3) is 15.6. The Morgan fingerprint density at radius 2 is 1.20 bits per heavy atom. The van der Waals surface area contributed by atoms with E-state index in [-0.39, 0.29) is 0 Å². The quantitative estimate of drug-likeness (QED) is 0.218. The lowest BCUT2D eigenvalue weighted by Crippen LogP contribution is -2.54. The van der Waals surface area contributed by atoms with Crippen molar-refractivity contribution >= 4 is 5.78 Å². The summed E-state index contributed by atoms with van der Waals surface area (Å²) in [5, 5.41) is 3.25. The van der Waals surface area contributed by atoms with Crippen molar-refractivity contribution in [3.05, 3.63) is 0 Å². The van der Waals surface area contributed by atoms with Crippen LogP contribution in [0.3, 0.4) is 0 Å². The van der Waals surface area contributed by atoms with Crippen molar-refractivity contribution in [2.24, 2.45) is 5.73 Å². The van der Waals surface area contributed by atoms with Crippen molar-refractivity contribution in [3.63, 3.8) is 0 Å². The van der Waals surface area contributed by atoms with Gasteiger partial charge in [0.2, 0.25) is 0 Å². The Balaban J connectivity index is 3.39. The minimum absolute atomic E-state index is 0.313. The number of hydrogen-bond donors (Lipinski definition) is 2. The third-order valence-corrected chi connectivity index (χ3v) is 5.23. The van der Waals surface area contributed by atoms with Gasteiger partial charge in [0.05, 0.1) is 5.66 Å². The molecule has 150 valence electrons. The van der Waals surface area contributed by atoms with E-state index in [1.807, 2.05) is 13.8 Å². The molecule has 1 unspecified atom stereocenters. The Morgan fingerprint density at radius 3 is 1.60 bits per heavy atom. The van der Waals surface area contributed by atoms with Crippen LogP contribution in [0.5, 0.6) is 0 Å². The first-order valence-corrected chi connectivity index (χ1v) is 11.1. The summed E-state index contributed by atoms with van der Waals surface area (Å²) in [5.74, 6) is 0.313. The maximum absolute atomic E-state index is 12.1. The van der Waals surface area contributed by atoms with Gasteiger partial charge < -0.3 is 5.73 Å². The van der Waals surface area contributed by atoms with Crippen LogP contribution in [0.1, 0.15) is 124 Å². The monoisotopic (exact) mass is 354 g/mol. The molecule has 0 aromatic rings. The van der Waals surface area contributed by atoms with E-state index in [2.05, 4.69) is 12.2 Å². The molecule has 0 rings (SSSR count). The highest BCUT2D eigenvalue weighted by atomic mass is 16.1. The summed E-state index contributed by atoms with van der Waals surface area (Å²) in [4.78, 5) is 12.1. The summed E-state index contributed by atoms with van der Waals surface area (Å²) < 4.78 is 0. The second kappa shape index (κ2) is 17.0. The number of carbonyl (C=O) groups is 1. The Bertz CT molecular complexity index is 306. The van der Waals surface area contributed by atoms with Crippen LogP contribution >= 0.6 is 0 Å². The molecule has 3 nitrogen and oxygen atoms in total. The van der Waals surface area contributed by atoms with E-state index in [0.717, 1.165) is 19.4 Å². The second-order valence-electron chi connectivity index (χ2n) is 7.75. The zero-order valence-electron chi connectivity index (χ0n) is 17.5. The van der Waals surface area contributed by atoms with E-state index in [1.165, 1.54) is 77.0 Å². The van der Waals surface area contributed by atoms with E-state index in [4.69, 9.17) is 5.73 Å². The second-order valence-corrected chi connectivity index (χ2v) is 7.75. The van der Waals surface area contributed by atoms with Gasteiger partial charge in [-0.25, -0.2) is 0 Å². The molecule has 0 aliphatic rings. The minimum Gasteiger partial charge on any atom is -0.313 e. The molecule has 1 atom stereocenters. The zero-order chi connectivity index (χ0) is 18.8.